The van der Waals surface area contributed by atoms with E-state index in [2.05, 4.69) is 11.6 Å². The number of benzene rings is 1. The Balaban J connectivity index is 2.10. The summed E-state index contributed by atoms with van der Waals surface area (Å²) < 4.78 is 0. The minimum Gasteiger partial charge on any atom is -0.398 e. The van der Waals surface area contributed by atoms with Crippen LogP contribution in [0.15, 0.2) is 24.3 Å². The minimum atomic E-state index is 0.0574. The van der Waals surface area contributed by atoms with Crippen LogP contribution in [0, 0.1) is 0 Å². The fourth-order valence-corrected chi connectivity index (χ4v) is 2.38. The van der Waals surface area contributed by atoms with E-state index in [0.717, 1.165) is 18.5 Å². The summed E-state index contributed by atoms with van der Waals surface area (Å²) in [6, 6.07) is 7.52. The van der Waals surface area contributed by atoms with Crippen molar-refractivity contribution in [2.75, 3.05) is 24.3 Å². The number of amides is 1. The summed E-state index contributed by atoms with van der Waals surface area (Å²) in [6.07, 6.45) is 7.28. The Morgan fingerprint density at radius 3 is 2.68 bits per heavy atom. The molecule has 0 aliphatic heterocycles. The molecule has 1 aromatic rings. The Kier molecular flexibility index (Phi) is 8.14. The van der Waals surface area contributed by atoms with Gasteiger partial charge in [0.2, 0.25) is 5.91 Å². The number of nitrogens with two attached hydrogens (primary N) is 1. The Hall–Kier alpha value is -1.16. The average molecular weight is 280 g/mol. The van der Waals surface area contributed by atoms with Crippen LogP contribution in [-0.4, -0.2) is 24.5 Å². The van der Waals surface area contributed by atoms with Crippen molar-refractivity contribution in [1.82, 2.24) is 5.32 Å². The Morgan fingerprint density at radius 2 is 1.95 bits per heavy atom. The molecule has 0 heterocycles. The van der Waals surface area contributed by atoms with E-state index in [4.69, 9.17) is 5.73 Å². The van der Waals surface area contributed by atoms with Gasteiger partial charge >= 0.3 is 0 Å². The van der Waals surface area contributed by atoms with Crippen molar-refractivity contribution in [1.29, 1.82) is 0 Å². The van der Waals surface area contributed by atoms with Crippen molar-refractivity contribution in [2.24, 2.45) is 0 Å². The van der Waals surface area contributed by atoms with Gasteiger partial charge in [-0.1, -0.05) is 31.0 Å². The van der Waals surface area contributed by atoms with Crippen LogP contribution in [0.5, 0.6) is 0 Å². The molecule has 1 amide bonds. The molecule has 0 atom stereocenters. The first-order chi connectivity index (χ1) is 9.24. The number of thioether (sulfide) groups is 1. The number of nitrogen functional groups attached to an aromatic ring is 1. The second-order valence-corrected chi connectivity index (χ2v) is 5.62. The Bertz CT molecular complexity index is 382. The maximum atomic E-state index is 11.7. The topological polar surface area (TPSA) is 55.1 Å². The molecular weight excluding hydrogens is 256 g/mol. The SMILES string of the molecule is CSCCCCCCNC(=O)Cc1ccccc1N. The van der Waals surface area contributed by atoms with Crippen LogP contribution in [0.2, 0.25) is 0 Å². The lowest BCUT2D eigenvalue weighted by Crippen LogP contribution is -2.26. The molecule has 3 N–H and O–H groups in total. The molecule has 0 spiro atoms. The van der Waals surface area contributed by atoms with Crippen LogP contribution in [0.25, 0.3) is 0 Å². The van der Waals surface area contributed by atoms with Gasteiger partial charge in [0.15, 0.2) is 0 Å². The van der Waals surface area contributed by atoms with E-state index >= 15 is 0 Å². The zero-order valence-electron chi connectivity index (χ0n) is 11.7. The summed E-state index contributed by atoms with van der Waals surface area (Å²) in [4.78, 5) is 11.7. The van der Waals surface area contributed by atoms with Gasteiger partial charge in [0.1, 0.15) is 0 Å². The van der Waals surface area contributed by atoms with Gasteiger partial charge in [-0.05, 0) is 36.5 Å². The third kappa shape index (κ3) is 7.11. The van der Waals surface area contributed by atoms with E-state index < -0.39 is 0 Å². The highest BCUT2D eigenvalue weighted by molar-refractivity contribution is 7.98. The third-order valence-corrected chi connectivity index (χ3v) is 3.70. The number of nitrogens with one attached hydrogen (secondary N) is 1. The largest absolute Gasteiger partial charge is 0.398 e. The van der Waals surface area contributed by atoms with Gasteiger partial charge in [0, 0.05) is 12.2 Å². The van der Waals surface area contributed by atoms with Crippen LogP contribution in [-0.2, 0) is 11.2 Å². The third-order valence-electron chi connectivity index (χ3n) is 3.00. The van der Waals surface area contributed by atoms with E-state index in [0.29, 0.717) is 12.1 Å². The van der Waals surface area contributed by atoms with Gasteiger partial charge < -0.3 is 11.1 Å². The van der Waals surface area contributed by atoms with Crippen LogP contribution >= 0.6 is 11.8 Å². The predicted molar refractivity (Wildman–Crippen MR) is 84.4 cm³/mol. The number of carbonyl (C=O) groups is 1. The molecule has 4 heteroatoms. The van der Waals surface area contributed by atoms with Crippen molar-refractivity contribution in [3.05, 3.63) is 29.8 Å². The summed E-state index contributed by atoms with van der Waals surface area (Å²) in [5, 5.41) is 2.95. The second kappa shape index (κ2) is 9.73. The van der Waals surface area contributed by atoms with Gasteiger partial charge in [-0.3, -0.25) is 4.79 Å². The van der Waals surface area contributed by atoms with Crippen molar-refractivity contribution in [3.63, 3.8) is 0 Å². The molecule has 0 aliphatic rings. The number of unbranched alkanes of at least 4 members (excludes halogenated alkanes) is 3. The molecule has 0 fully saturated rings. The standard InChI is InChI=1S/C15H24N2OS/c1-19-11-7-3-2-6-10-17-15(18)12-13-8-4-5-9-14(13)16/h4-5,8-9H,2-3,6-7,10-12,16H2,1H3,(H,17,18). The van der Waals surface area contributed by atoms with Crippen molar-refractivity contribution in [2.45, 2.75) is 32.1 Å². The smallest absolute Gasteiger partial charge is 0.224 e. The molecule has 0 saturated heterocycles. The molecule has 106 valence electrons. The lowest BCUT2D eigenvalue weighted by molar-refractivity contribution is -0.120. The van der Waals surface area contributed by atoms with Gasteiger partial charge in [0.05, 0.1) is 6.42 Å². The number of carbonyl (C=O) groups excluding carboxylic acids is 1. The fraction of sp³-hybridized carbons (Fsp3) is 0.533. The first-order valence-electron chi connectivity index (χ1n) is 6.83. The first-order valence-corrected chi connectivity index (χ1v) is 8.22. The average Bonchev–Trinajstić information content (AvgIpc) is 2.40. The molecule has 0 aromatic heterocycles. The summed E-state index contributed by atoms with van der Waals surface area (Å²) in [7, 11) is 0. The second-order valence-electron chi connectivity index (χ2n) is 4.63. The van der Waals surface area contributed by atoms with Crippen molar-refractivity contribution >= 4 is 23.4 Å². The Labute approximate surface area is 120 Å². The molecule has 0 radical (unpaired) electrons. The van der Waals surface area contributed by atoms with E-state index in [1.807, 2.05) is 36.0 Å². The van der Waals surface area contributed by atoms with Gasteiger partial charge in [-0.2, -0.15) is 11.8 Å². The molecule has 0 unspecified atom stereocenters. The number of para-hydroxylation sites is 1. The molecule has 3 nitrogen and oxygen atoms in total. The number of hydrogen-bond donors (Lipinski definition) is 2. The molecule has 0 saturated carbocycles. The highest BCUT2D eigenvalue weighted by Gasteiger charge is 2.04. The summed E-state index contributed by atoms with van der Waals surface area (Å²) in [5.41, 5.74) is 7.40. The summed E-state index contributed by atoms with van der Waals surface area (Å²) in [5.74, 6) is 1.29. The van der Waals surface area contributed by atoms with Crippen LogP contribution < -0.4 is 11.1 Å². The van der Waals surface area contributed by atoms with Gasteiger partial charge in [-0.25, -0.2) is 0 Å². The van der Waals surface area contributed by atoms with Crippen molar-refractivity contribution in [3.8, 4) is 0 Å². The van der Waals surface area contributed by atoms with Gasteiger partial charge in [-0.15, -0.1) is 0 Å². The van der Waals surface area contributed by atoms with Crippen LogP contribution in [0.4, 0.5) is 5.69 Å². The van der Waals surface area contributed by atoms with Crippen LogP contribution in [0.1, 0.15) is 31.2 Å². The Morgan fingerprint density at radius 1 is 1.21 bits per heavy atom. The summed E-state index contributed by atoms with van der Waals surface area (Å²) >= 11 is 1.89. The monoisotopic (exact) mass is 280 g/mol. The maximum absolute atomic E-state index is 11.7. The lowest BCUT2D eigenvalue weighted by atomic mass is 10.1. The number of anilines is 1. The number of hydrogen-bond acceptors (Lipinski definition) is 3. The molecule has 19 heavy (non-hydrogen) atoms. The zero-order chi connectivity index (χ0) is 13.9. The molecular formula is C15H24N2OS. The normalized spacial score (nSPS) is 10.4. The van der Waals surface area contributed by atoms with E-state index in [-0.39, 0.29) is 5.91 Å². The van der Waals surface area contributed by atoms with Gasteiger partial charge in [0.25, 0.3) is 0 Å². The number of rotatable bonds is 9. The van der Waals surface area contributed by atoms with E-state index in [1.54, 1.807) is 0 Å². The van der Waals surface area contributed by atoms with E-state index in [9.17, 15) is 4.79 Å². The maximum Gasteiger partial charge on any atom is 0.224 e. The molecule has 0 aliphatic carbocycles. The minimum absolute atomic E-state index is 0.0574. The molecule has 1 rings (SSSR count). The molecule has 0 bridgehead atoms. The fourth-order valence-electron chi connectivity index (χ4n) is 1.88. The highest BCUT2D eigenvalue weighted by Crippen LogP contribution is 2.10. The quantitative estimate of drug-likeness (QED) is 0.540. The first kappa shape index (κ1) is 15.9. The summed E-state index contributed by atoms with van der Waals surface area (Å²) in [6.45, 7) is 0.769. The van der Waals surface area contributed by atoms with Crippen molar-refractivity contribution < 1.29 is 4.79 Å². The lowest BCUT2D eigenvalue weighted by Gasteiger charge is -2.07. The van der Waals surface area contributed by atoms with E-state index in [1.165, 1.54) is 25.0 Å². The molecule has 1 aromatic carbocycles. The predicted octanol–water partition coefficient (Wildman–Crippen LogP) is 2.85. The van der Waals surface area contributed by atoms with Crippen LogP contribution in [0.3, 0.4) is 0 Å². The zero-order valence-corrected chi connectivity index (χ0v) is 12.5. The highest BCUT2D eigenvalue weighted by atomic mass is 32.2.